The largest absolute Gasteiger partial charge is 0.459 e. The Bertz CT molecular complexity index is 700. The molecule has 1 heterocycles. The smallest absolute Gasteiger partial charge is 0.330 e. The van der Waals surface area contributed by atoms with E-state index >= 15 is 0 Å². The van der Waals surface area contributed by atoms with E-state index in [9.17, 15) is 4.79 Å². The maximum Gasteiger partial charge on any atom is 0.330 e. The first kappa shape index (κ1) is 20.9. The van der Waals surface area contributed by atoms with E-state index in [1.165, 1.54) is 0 Å². The Kier molecular flexibility index (Phi) is 8.88. The number of esters is 1. The van der Waals surface area contributed by atoms with Crippen LogP contribution in [0.25, 0.3) is 11.4 Å². The third-order valence-electron chi connectivity index (χ3n) is 3.17. The molecule has 25 heavy (non-hydrogen) atoms. The van der Waals surface area contributed by atoms with Gasteiger partial charge in [0.1, 0.15) is 6.10 Å². The van der Waals surface area contributed by atoms with Crippen LogP contribution in [0, 0.1) is 13.8 Å². The summed E-state index contributed by atoms with van der Waals surface area (Å²) in [6.45, 7) is 9.42. The predicted octanol–water partition coefficient (Wildman–Crippen LogP) is 4.15. The van der Waals surface area contributed by atoms with Gasteiger partial charge in [-0.05, 0) is 25.5 Å². The van der Waals surface area contributed by atoms with Crippen molar-refractivity contribution < 1.29 is 18.8 Å². The first-order valence-corrected chi connectivity index (χ1v) is 8.14. The minimum atomic E-state index is -0.381. The van der Waals surface area contributed by atoms with Gasteiger partial charge in [-0.2, -0.15) is 4.98 Å². The number of benzene rings is 1. The highest BCUT2D eigenvalue weighted by atomic mass is 35.5. The van der Waals surface area contributed by atoms with Gasteiger partial charge in [0.15, 0.2) is 0 Å². The predicted molar refractivity (Wildman–Crippen MR) is 96.5 cm³/mol. The van der Waals surface area contributed by atoms with E-state index in [1.54, 1.807) is 14.0 Å². The highest BCUT2D eigenvalue weighted by molar-refractivity contribution is 6.31. The molecule has 0 spiro atoms. The third-order valence-corrected chi connectivity index (χ3v) is 3.58. The van der Waals surface area contributed by atoms with Crippen molar-refractivity contribution in [2.75, 3.05) is 13.7 Å². The molecule has 0 bridgehead atoms. The van der Waals surface area contributed by atoms with Gasteiger partial charge in [-0.15, -0.1) is 0 Å². The molecule has 0 aliphatic carbocycles. The standard InChI is InChI=1S/C10H9ClN2O.C8H14O3/c1-6-3-4-8(5-9(6)11)10-12-7(2)14-13-10;1-4-8(9)11-7(2)5-6-10-3/h3-5H,1-2H3;4,7H,1,5-6H2,2-3H3. The van der Waals surface area contributed by atoms with E-state index in [0.717, 1.165) is 23.6 Å². The van der Waals surface area contributed by atoms with E-state index in [0.29, 0.717) is 23.3 Å². The fourth-order valence-electron chi connectivity index (χ4n) is 1.74. The second-order valence-corrected chi connectivity index (χ2v) is 5.74. The van der Waals surface area contributed by atoms with Crippen LogP contribution in [-0.4, -0.2) is 35.9 Å². The number of halogens is 1. The fraction of sp³-hybridized carbons (Fsp3) is 0.389. The van der Waals surface area contributed by atoms with Crippen LogP contribution in [0.3, 0.4) is 0 Å². The molecule has 0 aliphatic rings. The summed E-state index contributed by atoms with van der Waals surface area (Å²) in [4.78, 5) is 14.7. The van der Waals surface area contributed by atoms with Crippen molar-refractivity contribution in [1.82, 2.24) is 10.1 Å². The Morgan fingerprint density at radius 3 is 2.68 bits per heavy atom. The van der Waals surface area contributed by atoms with Crippen molar-refractivity contribution in [1.29, 1.82) is 0 Å². The summed E-state index contributed by atoms with van der Waals surface area (Å²) in [7, 11) is 1.61. The van der Waals surface area contributed by atoms with Crippen molar-refractivity contribution >= 4 is 17.6 Å². The Morgan fingerprint density at radius 2 is 2.16 bits per heavy atom. The zero-order valence-electron chi connectivity index (χ0n) is 14.9. The molecular formula is C18H23ClN2O4. The Morgan fingerprint density at radius 1 is 1.44 bits per heavy atom. The normalized spacial score (nSPS) is 11.2. The number of aryl methyl sites for hydroxylation is 2. The molecule has 0 saturated carbocycles. The molecular weight excluding hydrogens is 344 g/mol. The van der Waals surface area contributed by atoms with Gasteiger partial charge in [-0.25, -0.2) is 4.79 Å². The summed E-state index contributed by atoms with van der Waals surface area (Å²) in [6.07, 6.45) is 1.78. The highest BCUT2D eigenvalue weighted by Gasteiger charge is 2.06. The zero-order chi connectivity index (χ0) is 18.8. The fourth-order valence-corrected chi connectivity index (χ4v) is 1.92. The molecule has 0 amide bonds. The minimum absolute atomic E-state index is 0.0968. The van der Waals surface area contributed by atoms with E-state index in [1.807, 2.05) is 32.0 Å². The monoisotopic (exact) mass is 366 g/mol. The van der Waals surface area contributed by atoms with Crippen molar-refractivity contribution in [3.63, 3.8) is 0 Å². The summed E-state index contributed by atoms with van der Waals surface area (Å²) < 4.78 is 14.6. The van der Waals surface area contributed by atoms with Gasteiger partial charge >= 0.3 is 5.97 Å². The Labute approximate surface area is 152 Å². The molecule has 0 N–H and O–H groups in total. The summed E-state index contributed by atoms with van der Waals surface area (Å²) in [6, 6.07) is 5.69. The quantitative estimate of drug-likeness (QED) is 0.564. The number of ether oxygens (including phenoxy) is 2. The number of hydrogen-bond donors (Lipinski definition) is 0. The van der Waals surface area contributed by atoms with Crippen LogP contribution in [0.4, 0.5) is 0 Å². The number of hydrogen-bond acceptors (Lipinski definition) is 6. The van der Waals surface area contributed by atoms with E-state index in [-0.39, 0.29) is 12.1 Å². The van der Waals surface area contributed by atoms with Gasteiger partial charge in [0.05, 0.1) is 0 Å². The first-order valence-electron chi connectivity index (χ1n) is 7.76. The second-order valence-electron chi connectivity index (χ2n) is 5.33. The molecule has 0 aliphatic heterocycles. The second kappa shape index (κ2) is 10.6. The number of carbonyl (C=O) groups is 1. The lowest BCUT2D eigenvalue weighted by Crippen LogP contribution is -2.14. The SMILES string of the molecule is C=CC(=O)OC(C)CCOC.Cc1nc(-c2ccc(C)c(Cl)c2)no1. The average molecular weight is 367 g/mol. The van der Waals surface area contributed by atoms with Gasteiger partial charge in [-0.1, -0.05) is 35.5 Å². The van der Waals surface area contributed by atoms with Gasteiger partial charge in [0, 0.05) is 43.7 Å². The molecule has 0 radical (unpaired) electrons. The number of carbonyl (C=O) groups excluding carboxylic acids is 1. The average Bonchev–Trinajstić information content (AvgIpc) is 3.02. The number of rotatable bonds is 6. The minimum Gasteiger partial charge on any atom is -0.459 e. The van der Waals surface area contributed by atoms with E-state index in [2.05, 4.69) is 16.7 Å². The highest BCUT2D eigenvalue weighted by Crippen LogP contribution is 2.22. The Balaban J connectivity index is 0.000000260. The van der Waals surface area contributed by atoms with Crippen molar-refractivity contribution in [2.24, 2.45) is 0 Å². The molecule has 1 atom stereocenters. The molecule has 1 aromatic heterocycles. The van der Waals surface area contributed by atoms with Crippen molar-refractivity contribution in [3.8, 4) is 11.4 Å². The topological polar surface area (TPSA) is 74.5 Å². The lowest BCUT2D eigenvalue weighted by molar-refractivity contribution is -0.142. The maximum atomic E-state index is 10.6. The number of nitrogens with zero attached hydrogens (tertiary/aromatic N) is 2. The van der Waals surface area contributed by atoms with E-state index < -0.39 is 0 Å². The van der Waals surface area contributed by atoms with Crippen LogP contribution in [0.1, 0.15) is 24.8 Å². The van der Waals surface area contributed by atoms with Gasteiger partial charge in [0.2, 0.25) is 11.7 Å². The number of aromatic nitrogens is 2. The van der Waals surface area contributed by atoms with Crippen LogP contribution >= 0.6 is 11.6 Å². The maximum absolute atomic E-state index is 10.6. The molecule has 0 saturated heterocycles. The molecule has 6 nitrogen and oxygen atoms in total. The van der Waals surface area contributed by atoms with Gasteiger partial charge in [0.25, 0.3) is 0 Å². The van der Waals surface area contributed by atoms with Crippen LogP contribution in [-0.2, 0) is 14.3 Å². The summed E-state index contributed by atoms with van der Waals surface area (Å²) in [5, 5.41) is 4.52. The van der Waals surface area contributed by atoms with Crippen LogP contribution in [0.15, 0.2) is 35.4 Å². The first-order chi connectivity index (χ1) is 11.9. The Hall–Kier alpha value is -2.18. The molecule has 1 unspecified atom stereocenters. The van der Waals surface area contributed by atoms with E-state index in [4.69, 9.17) is 25.6 Å². The van der Waals surface area contributed by atoms with Crippen molar-refractivity contribution in [2.45, 2.75) is 33.3 Å². The summed E-state index contributed by atoms with van der Waals surface area (Å²) in [5.41, 5.74) is 1.91. The molecule has 0 fully saturated rings. The van der Waals surface area contributed by atoms with Gasteiger partial charge < -0.3 is 14.0 Å². The van der Waals surface area contributed by atoms with Gasteiger partial charge in [-0.3, -0.25) is 0 Å². The van der Waals surface area contributed by atoms with Crippen LogP contribution in [0.2, 0.25) is 5.02 Å². The molecule has 2 aromatic rings. The molecule has 7 heteroatoms. The summed E-state index contributed by atoms with van der Waals surface area (Å²) in [5.74, 6) is 0.745. The van der Waals surface area contributed by atoms with Crippen molar-refractivity contribution in [3.05, 3.63) is 47.3 Å². The summed E-state index contributed by atoms with van der Waals surface area (Å²) >= 11 is 5.98. The molecule has 2 rings (SSSR count). The third kappa shape index (κ3) is 7.49. The zero-order valence-corrected chi connectivity index (χ0v) is 15.7. The van der Waals surface area contributed by atoms with Crippen LogP contribution in [0.5, 0.6) is 0 Å². The lowest BCUT2D eigenvalue weighted by atomic mass is 10.1. The molecule has 136 valence electrons. The lowest BCUT2D eigenvalue weighted by Gasteiger charge is -2.10. The molecule has 1 aromatic carbocycles. The number of methoxy groups -OCH3 is 1. The van der Waals surface area contributed by atoms with Crippen LogP contribution < -0.4 is 0 Å².